The summed E-state index contributed by atoms with van der Waals surface area (Å²) >= 11 is 0. The number of nitro groups is 1. The molecule has 3 rings (SSSR count). The fourth-order valence-electron chi connectivity index (χ4n) is 3.24. The Kier molecular flexibility index (Phi) is 5.36. The minimum absolute atomic E-state index is 0.0947. The summed E-state index contributed by atoms with van der Waals surface area (Å²) in [5.41, 5.74) is 0.565. The topological polar surface area (TPSA) is 102 Å². The zero-order valence-corrected chi connectivity index (χ0v) is 14.7. The van der Waals surface area contributed by atoms with E-state index in [-0.39, 0.29) is 17.2 Å². The SMILES string of the molecule is CCN1CCN(C(=O)CCCn2c(=O)oc3cc([N+](=O)[O-])ccc32)CC1. The van der Waals surface area contributed by atoms with Crippen LogP contribution in [-0.4, -0.2) is 57.9 Å². The molecule has 0 radical (unpaired) electrons. The van der Waals surface area contributed by atoms with Gasteiger partial charge in [-0.1, -0.05) is 6.92 Å². The van der Waals surface area contributed by atoms with E-state index >= 15 is 0 Å². The lowest BCUT2D eigenvalue weighted by Crippen LogP contribution is -2.48. The van der Waals surface area contributed by atoms with E-state index in [0.29, 0.717) is 24.9 Å². The number of fused-ring (bicyclic) bond motifs is 1. The molecule has 0 atom stereocenters. The van der Waals surface area contributed by atoms with E-state index < -0.39 is 10.7 Å². The number of hydrogen-bond donors (Lipinski definition) is 0. The van der Waals surface area contributed by atoms with E-state index in [0.717, 1.165) is 32.7 Å². The van der Waals surface area contributed by atoms with Crippen molar-refractivity contribution in [3.05, 3.63) is 38.9 Å². The van der Waals surface area contributed by atoms with Gasteiger partial charge in [-0.05, 0) is 19.0 Å². The number of carbonyl (C=O) groups excluding carboxylic acids is 1. The summed E-state index contributed by atoms with van der Waals surface area (Å²) in [6.07, 6.45) is 0.872. The highest BCUT2D eigenvalue weighted by Crippen LogP contribution is 2.20. The molecule has 0 N–H and O–H groups in total. The molecule has 0 unspecified atom stereocenters. The van der Waals surface area contributed by atoms with Crippen LogP contribution in [0.5, 0.6) is 0 Å². The van der Waals surface area contributed by atoms with Crippen LogP contribution in [0.4, 0.5) is 5.69 Å². The van der Waals surface area contributed by atoms with Crippen molar-refractivity contribution in [1.29, 1.82) is 0 Å². The largest absolute Gasteiger partial charge is 0.419 e. The fraction of sp³-hybridized carbons (Fsp3) is 0.529. The van der Waals surface area contributed by atoms with Gasteiger partial charge in [0.2, 0.25) is 5.91 Å². The Balaban J connectivity index is 1.60. The highest BCUT2D eigenvalue weighted by Gasteiger charge is 2.20. The molecule has 1 aliphatic heterocycles. The normalized spacial score (nSPS) is 15.5. The third-order valence-electron chi connectivity index (χ3n) is 4.81. The highest BCUT2D eigenvalue weighted by molar-refractivity contribution is 5.77. The Labute approximate surface area is 149 Å². The lowest BCUT2D eigenvalue weighted by atomic mass is 10.2. The fourth-order valence-corrected chi connectivity index (χ4v) is 3.24. The zero-order chi connectivity index (χ0) is 18.7. The number of hydrogen-bond acceptors (Lipinski definition) is 6. The van der Waals surface area contributed by atoms with E-state index in [2.05, 4.69) is 11.8 Å². The van der Waals surface area contributed by atoms with Gasteiger partial charge < -0.3 is 14.2 Å². The molecule has 1 aliphatic rings. The van der Waals surface area contributed by atoms with Gasteiger partial charge in [0, 0.05) is 45.2 Å². The van der Waals surface area contributed by atoms with Crippen LogP contribution in [0.2, 0.25) is 0 Å². The van der Waals surface area contributed by atoms with Crippen LogP contribution < -0.4 is 5.76 Å². The molecular formula is C17H22N4O5. The number of benzene rings is 1. The van der Waals surface area contributed by atoms with E-state index in [1.54, 1.807) is 0 Å². The molecule has 0 spiro atoms. The van der Waals surface area contributed by atoms with Gasteiger partial charge in [0.15, 0.2) is 5.58 Å². The lowest BCUT2D eigenvalue weighted by Gasteiger charge is -2.34. The summed E-state index contributed by atoms with van der Waals surface area (Å²) in [5, 5.41) is 10.8. The molecule has 0 aliphatic carbocycles. The van der Waals surface area contributed by atoms with Gasteiger partial charge in [0.1, 0.15) is 0 Å². The number of oxazole rings is 1. The maximum Gasteiger partial charge on any atom is 0.419 e. The van der Waals surface area contributed by atoms with Gasteiger partial charge in [0.05, 0.1) is 16.5 Å². The Hall–Kier alpha value is -2.68. The molecule has 1 amide bonds. The average Bonchev–Trinajstić information content (AvgIpc) is 2.96. The number of carbonyl (C=O) groups is 1. The van der Waals surface area contributed by atoms with Gasteiger partial charge in [-0.25, -0.2) is 4.79 Å². The lowest BCUT2D eigenvalue weighted by molar-refractivity contribution is -0.384. The van der Waals surface area contributed by atoms with Crippen molar-refractivity contribution >= 4 is 22.7 Å². The van der Waals surface area contributed by atoms with Crippen LogP contribution >= 0.6 is 0 Å². The number of non-ortho nitro benzene ring substituents is 1. The first-order valence-corrected chi connectivity index (χ1v) is 8.77. The van der Waals surface area contributed by atoms with Crippen molar-refractivity contribution in [2.45, 2.75) is 26.3 Å². The zero-order valence-electron chi connectivity index (χ0n) is 14.7. The monoisotopic (exact) mass is 362 g/mol. The summed E-state index contributed by atoms with van der Waals surface area (Å²) in [6.45, 7) is 6.72. The third kappa shape index (κ3) is 3.77. The molecule has 1 saturated heterocycles. The maximum absolute atomic E-state index is 12.3. The number of nitro benzene ring substituents is 1. The number of nitrogens with zero attached hydrogens (tertiary/aromatic N) is 4. The van der Waals surface area contributed by atoms with Crippen LogP contribution in [0.1, 0.15) is 19.8 Å². The van der Waals surface area contributed by atoms with Gasteiger partial charge in [0.25, 0.3) is 5.69 Å². The molecule has 0 saturated carbocycles. The summed E-state index contributed by atoms with van der Waals surface area (Å²) in [6, 6.07) is 4.09. The molecule has 26 heavy (non-hydrogen) atoms. The second-order valence-corrected chi connectivity index (χ2v) is 6.35. The molecule has 1 fully saturated rings. The Morgan fingerprint density at radius 2 is 2.00 bits per heavy atom. The Morgan fingerprint density at radius 1 is 1.27 bits per heavy atom. The first kappa shape index (κ1) is 18.1. The average molecular weight is 362 g/mol. The van der Waals surface area contributed by atoms with Crippen LogP contribution in [0.15, 0.2) is 27.4 Å². The van der Waals surface area contributed by atoms with Crippen LogP contribution in [0.3, 0.4) is 0 Å². The Morgan fingerprint density at radius 3 is 2.65 bits per heavy atom. The van der Waals surface area contributed by atoms with Crippen molar-refractivity contribution in [2.75, 3.05) is 32.7 Å². The molecule has 140 valence electrons. The van der Waals surface area contributed by atoms with Crippen molar-refractivity contribution < 1.29 is 14.1 Å². The van der Waals surface area contributed by atoms with Crippen molar-refractivity contribution in [1.82, 2.24) is 14.4 Å². The number of amides is 1. The minimum Gasteiger partial charge on any atom is -0.407 e. The predicted molar refractivity (Wildman–Crippen MR) is 95.1 cm³/mol. The quantitative estimate of drug-likeness (QED) is 0.569. The van der Waals surface area contributed by atoms with Crippen LogP contribution in [-0.2, 0) is 11.3 Å². The van der Waals surface area contributed by atoms with E-state index in [9.17, 15) is 19.7 Å². The molecule has 1 aromatic heterocycles. The third-order valence-corrected chi connectivity index (χ3v) is 4.81. The molecule has 9 heteroatoms. The first-order valence-electron chi connectivity index (χ1n) is 8.77. The van der Waals surface area contributed by atoms with E-state index in [4.69, 9.17) is 4.42 Å². The minimum atomic E-state index is -0.565. The molecule has 1 aromatic carbocycles. The van der Waals surface area contributed by atoms with Crippen LogP contribution in [0.25, 0.3) is 11.1 Å². The van der Waals surface area contributed by atoms with E-state index in [1.165, 1.54) is 22.8 Å². The molecule has 9 nitrogen and oxygen atoms in total. The number of piperazine rings is 1. The molecule has 2 heterocycles. The molecule has 2 aromatic rings. The van der Waals surface area contributed by atoms with Gasteiger partial charge in [-0.2, -0.15) is 0 Å². The second-order valence-electron chi connectivity index (χ2n) is 6.35. The number of aromatic nitrogens is 1. The Bertz CT molecular complexity index is 864. The first-order chi connectivity index (χ1) is 12.5. The van der Waals surface area contributed by atoms with Gasteiger partial charge in [-0.15, -0.1) is 0 Å². The van der Waals surface area contributed by atoms with Crippen molar-refractivity contribution in [3.63, 3.8) is 0 Å². The maximum atomic E-state index is 12.3. The van der Waals surface area contributed by atoms with Crippen molar-refractivity contribution in [2.24, 2.45) is 0 Å². The molecular weight excluding hydrogens is 340 g/mol. The predicted octanol–water partition coefficient (Wildman–Crippen LogP) is 1.45. The van der Waals surface area contributed by atoms with Crippen LogP contribution in [0, 0.1) is 10.1 Å². The van der Waals surface area contributed by atoms with Gasteiger partial charge in [-0.3, -0.25) is 19.5 Å². The smallest absolute Gasteiger partial charge is 0.407 e. The summed E-state index contributed by atoms with van der Waals surface area (Å²) < 4.78 is 6.51. The second kappa shape index (κ2) is 7.69. The number of likely N-dealkylation sites (N-methyl/N-ethyl adjacent to an activating group) is 1. The van der Waals surface area contributed by atoms with E-state index in [1.807, 2.05) is 4.90 Å². The number of rotatable bonds is 6. The van der Waals surface area contributed by atoms with Crippen molar-refractivity contribution in [3.8, 4) is 0 Å². The summed E-state index contributed by atoms with van der Waals surface area (Å²) in [5.74, 6) is -0.471. The standard InChI is InChI=1S/C17H22N4O5/c1-2-18-8-10-19(11-9-18)16(22)4-3-7-20-14-6-5-13(21(24)25)12-15(14)26-17(20)23/h5-6,12H,2-4,7-11H2,1H3. The highest BCUT2D eigenvalue weighted by atomic mass is 16.6. The summed E-state index contributed by atoms with van der Waals surface area (Å²) in [7, 11) is 0. The van der Waals surface area contributed by atoms with Gasteiger partial charge >= 0.3 is 5.76 Å². The molecule has 0 bridgehead atoms. The number of aryl methyl sites for hydroxylation is 1. The summed E-state index contributed by atoms with van der Waals surface area (Å²) in [4.78, 5) is 38.7.